The number of aromatic nitrogens is 3. The van der Waals surface area contributed by atoms with E-state index in [2.05, 4.69) is 52.1 Å². The first-order valence-corrected chi connectivity index (χ1v) is 10.6. The predicted octanol–water partition coefficient (Wildman–Crippen LogP) is 4.44. The van der Waals surface area contributed by atoms with Gasteiger partial charge in [-0.3, -0.25) is 9.20 Å². The SMILES string of the molecule is CC[C@H](Sc1nncn2c1cc1sccc12)C(=O)NCc1ccc(C)cc1. The molecule has 27 heavy (non-hydrogen) atoms. The Morgan fingerprint density at radius 3 is 2.85 bits per heavy atom. The zero-order valence-electron chi connectivity index (χ0n) is 15.2. The van der Waals surface area contributed by atoms with Crippen LogP contribution in [-0.2, 0) is 11.3 Å². The fraction of sp³-hybridized carbons (Fsp3) is 0.250. The average Bonchev–Trinajstić information content (AvgIpc) is 3.27. The summed E-state index contributed by atoms with van der Waals surface area (Å²) in [7, 11) is 0. The van der Waals surface area contributed by atoms with Crippen molar-refractivity contribution in [2.24, 2.45) is 0 Å². The molecule has 0 radical (unpaired) electrons. The van der Waals surface area contributed by atoms with Crippen LogP contribution in [0.1, 0.15) is 24.5 Å². The Hall–Kier alpha value is -2.38. The molecule has 138 valence electrons. The maximum absolute atomic E-state index is 12.7. The van der Waals surface area contributed by atoms with Gasteiger partial charge in [0.05, 0.1) is 21.0 Å². The molecule has 4 rings (SSSR count). The monoisotopic (exact) mass is 396 g/mol. The van der Waals surface area contributed by atoms with Crippen molar-refractivity contribution in [3.8, 4) is 0 Å². The lowest BCUT2D eigenvalue weighted by atomic mass is 10.1. The number of nitrogens with one attached hydrogen (secondary N) is 1. The van der Waals surface area contributed by atoms with E-state index in [0.29, 0.717) is 6.54 Å². The van der Waals surface area contributed by atoms with E-state index in [9.17, 15) is 4.79 Å². The van der Waals surface area contributed by atoms with Crippen LogP contribution in [0.2, 0.25) is 0 Å². The zero-order valence-corrected chi connectivity index (χ0v) is 16.8. The van der Waals surface area contributed by atoms with Gasteiger partial charge in [-0.25, -0.2) is 0 Å². The van der Waals surface area contributed by atoms with Crippen LogP contribution in [0.15, 0.2) is 53.1 Å². The summed E-state index contributed by atoms with van der Waals surface area (Å²) >= 11 is 3.18. The number of amides is 1. The molecule has 0 aliphatic carbocycles. The molecular formula is C20H20N4OS2. The van der Waals surface area contributed by atoms with E-state index in [1.54, 1.807) is 17.7 Å². The van der Waals surface area contributed by atoms with Gasteiger partial charge in [-0.1, -0.05) is 48.5 Å². The highest BCUT2D eigenvalue weighted by atomic mass is 32.2. The summed E-state index contributed by atoms with van der Waals surface area (Å²) in [5.74, 6) is 0.0280. The molecule has 0 aliphatic heterocycles. The third kappa shape index (κ3) is 3.70. The number of carbonyl (C=O) groups is 1. The van der Waals surface area contributed by atoms with Gasteiger partial charge < -0.3 is 5.32 Å². The van der Waals surface area contributed by atoms with Gasteiger partial charge in [-0.15, -0.1) is 21.5 Å². The number of rotatable bonds is 6. The van der Waals surface area contributed by atoms with E-state index in [0.717, 1.165) is 28.0 Å². The average molecular weight is 397 g/mol. The van der Waals surface area contributed by atoms with E-state index < -0.39 is 0 Å². The van der Waals surface area contributed by atoms with Gasteiger partial charge in [0.2, 0.25) is 5.91 Å². The Kier molecular flexibility index (Phi) is 5.13. The van der Waals surface area contributed by atoms with E-state index in [4.69, 9.17) is 0 Å². The van der Waals surface area contributed by atoms with Crippen molar-refractivity contribution in [1.29, 1.82) is 0 Å². The van der Waals surface area contributed by atoms with Gasteiger partial charge in [-0.05, 0) is 36.4 Å². The van der Waals surface area contributed by atoms with Crippen LogP contribution in [0.5, 0.6) is 0 Å². The van der Waals surface area contributed by atoms with E-state index >= 15 is 0 Å². The van der Waals surface area contributed by atoms with Crippen molar-refractivity contribution in [3.63, 3.8) is 0 Å². The molecular weight excluding hydrogens is 376 g/mol. The number of nitrogens with zero attached hydrogens (tertiary/aromatic N) is 3. The van der Waals surface area contributed by atoms with Gasteiger partial charge in [0.25, 0.3) is 0 Å². The van der Waals surface area contributed by atoms with Crippen LogP contribution in [0, 0.1) is 6.92 Å². The summed E-state index contributed by atoms with van der Waals surface area (Å²) in [6.45, 7) is 4.61. The van der Waals surface area contributed by atoms with Crippen molar-refractivity contribution in [2.75, 3.05) is 0 Å². The molecule has 3 heterocycles. The number of aryl methyl sites for hydroxylation is 1. The summed E-state index contributed by atoms with van der Waals surface area (Å²) in [6.07, 6.45) is 2.45. The Balaban J connectivity index is 1.50. The number of hydrogen-bond donors (Lipinski definition) is 1. The second kappa shape index (κ2) is 7.70. The molecule has 5 nitrogen and oxygen atoms in total. The molecule has 0 unspecified atom stereocenters. The first kappa shape index (κ1) is 18.0. The van der Waals surface area contributed by atoms with Crippen LogP contribution < -0.4 is 5.32 Å². The highest BCUT2D eigenvalue weighted by Crippen LogP contribution is 2.32. The van der Waals surface area contributed by atoms with Crippen LogP contribution in [-0.4, -0.2) is 25.8 Å². The summed E-state index contributed by atoms with van der Waals surface area (Å²) in [5.41, 5.74) is 4.44. The lowest BCUT2D eigenvalue weighted by Gasteiger charge is -2.14. The van der Waals surface area contributed by atoms with Crippen LogP contribution in [0.3, 0.4) is 0 Å². The molecule has 1 amide bonds. The molecule has 4 aromatic rings. The Morgan fingerprint density at radius 1 is 1.26 bits per heavy atom. The number of hydrogen-bond acceptors (Lipinski definition) is 5. The number of thiophene rings is 1. The fourth-order valence-electron chi connectivity index (χ4n) is 2.96. The normalized spacial score (nSPS) is 12.5. The lowest BCUT2D eigenvalue weighted by molar-refractivity contribution is -0.120. The molecule has 0 saturated heterocycles. The van der Waals surface area contributed by atoms with Gasteiger partial charge in [-0.2, -0.15) is 0 Å². The molecule has 1 N–H and O–H groups in total. The van der Waals surface area contributed by atoms with Gasteiger partial charge in [0.15, 0.2) is 0 Å². The first-order valence-electron chi connectivity index (χ1n) is 8.85. The first-order chi connectivity index (χ1) is 13.2. The molecule has 0 spiro atoms. The third-order valence-electron chi connectivity index (χ3n) is 4.50. The molecule has 0 aliphatic rings. The highest BCUT2D eigenvalue weighted by Gasteiger charge is 2.21. The summed E-state index contributed by atoms with van der Waals surface area (Å²) in [6, 6.07) is 12.4. The minimum atomic E-state index is -0.205. The van der Waals surface area contributed by atoms with Crippen molar-refractivity contribution in [3.05, 3.63) is 59.2 Å². The summed E-state index contributed by atoms with van der Waals surface area (Å²) in [5, 5.41) is 14.1. The number of fused-ring (bicyclic) bond motifs is 3. The molecule has 0 fully saturated rings. The molecule has 1 aromatic carbocycles. The van der Waals surface area contributed by atoms with Crippen molar-refractivity contribution in [1.82, 2.24) is 19.9 Å². The Bertz CT molecular complexity index is 1080. The van der Waals surface area contributed by atoms with Crippen molar-refractivity contribution < 1.29 is 4.79 Å². The second-order valence-electron chi connectivity index (χ2n) is 6.42. The van der Waals surface area contributed by atoms with E-state index in [1.807, 2.05) is 23.5 Å². The molecule has 0 saturated carbocycles. The van der Waals surface area contributed by atoms with Crippen LogP contribution >= 0.6 is 23.1 Å². The molecule has 3 aromatic heterocycles. The van der Waals surface area contributed by atoms with Crippen molar-refractivity contribution >= 4 is 44.7 Å². The maximum atomic E-state index is 12.7. The van der Waals surface area contributed by atoms with E-state index in [-0.39, 0.29) is 11.2 Å². The topological polar surface area (TPSA) is 59.3 Å². The number of benzene rings is 1. The number of carbonyl (C=O) groups excluding carboxylic acids is 1. The molecule has 7 heteroatoms. The Labute approximate surface area is 165 Å². The molecule has 1 atom stereocenters. The Morgan fingerprint density at radius 2 is 2.07 bits per heavy atom. The third-order valence-corrected chi connectivity index (χ3v) is 6.70. The van der Waals surface area contributed by atoms with Crippen molar-refractivity contribution in [2.45, 2.75) is 37.1 Å². The quantitative estimate of drug-likeness (QED) is 0.490. The summed E-state index contributed by atoms with van der Waals surface area (Å²) < 4.78 is 3.24. The molecule has 0 bridgehead atoms. The minimum absolute atomic E-state index is 0.0280. The van der Waals surface area contributed by atoms with Gasteiger partial charge >= 0.3 is 0 Å². The highest BCUT2D eigenvalue weighted by molar-refractivity contribution is 8.00. The zero-order chi connectivity index (χ0) is 18.8. The second-order valence-corrected chi connectivity index (χ2v) is 8.56. The minimum Gasteiger partial charge on any atom is -0.351 e. The van der Waals surface area contributed by atoms with Crippen LogP contribution in [0.25, 0.3) is 15.7 Å². The standard InChI is InChI=1S/C20H20N4OS2/c1-3-17(19(25)21-11-14-6-4-13(2)5-7-14)27-20-16-10-18-15(8-9-26-18)24(16)12-22-23-20/h4-10,12,17H,3,11H2,1-2H3,(H,21,25)/t17-/m0/s1. The smallest absolute Gasteiger partial charge is 0.233 e. The fourth-order valence-corrected chi connectivity index (χ4v) is 4.77. The van der Waals surface area contributed by atoms with Crippen LogP contribution in [0.4, 0.5) is 0 Å². The maximum Gasteiger partial charge on any atom is 0.233 e. The summed E-state index contributed by atoms with van der Waals surface area (Å²) in [4.78, 5) is 12.7. The predicted molar refractivity (Wildman–Crippen MR) is 111 cm³/mol. The van der Waals surface area contributed by atoms with Gasteiger partial charge in [0.1, 0.15) is 11.4 Å². The number of thioether (sulfide) groups is 1. The largest absolute Gasteiger partial charge is 0.351 e. The lowest BCUT2D eigenvalue weighted by Crippen LogP contribution is -2.32. The van der Waals surface area contributed by atoms with E-state index in [1.165, 1.54) is 22.0 Å². The van der Waals surface area contributed by atoms with Gasteiger partial charge in [0, 0.05) is 6.54 Å².